The summed E-state index contributed by atoms with van der Waals surface area (Å²) in [5.74, 6) is -0.753. The zero-order valence-corrected chi connectivity index (χ0v) is 18.9. The van der Waals surface area contributed by atoms with Crippen LogP contribution in [0.5, 0.6) is 5.75 Å². The van der Waals surface area contributed by atoms with Gasteiger partial charge in [0.1, 0.15) is 29.4 Å². The minimum absolute atomic E-state index is 0.109. The Morgan fingerprint density at radius 1 is 1.21 bits per heavy atom. The number of hydrogen-bond acceptors (Lipinski definition) is 7. The summed E-state index contributed by atoms with van der Waals surface area (Å²) in [5.41, 5.74) is 8.58. The molecule has 0 fully saturated rings. The molecule has 0 aliphatic carbocycles. The molecular weight excluding hydrogens is 459 g/mol. The molecular formula is C23H21FN6O3S. The zero-order valence-electron chi connectivity index (χ0n) is 18.1. The van der Waals surface area contributed by atoms with E-state index in [2.05, 4.69) is 15.1 Å². The third-order valence-corrected chi connectivity index (χ3v) is 7.30. The van der Waals surface area contributed by atoms with Crippen LogP contribution >= 0.6 is 0 Å². The van der Waals surface area contributed by atoms with Gasteiger partial charge in [-0.25, -0.2) is 27.5 Å². The summed E-state index contributed by atoms with van der Waals surface area (Å²) >= 11 is 0. The van der Waals surface area contributed by atoms with Gasteiger partial charge in [0.2, 0.25) is 0 Å². The quantitative estimate of drug-likeness (QED) is 0.458. The van der Waals surface area contributed by atoms with E-state index in [1.165, 1.54) is 28.8 Å². The molecule has 5 rings (SSSR count). The van der Waals surface area contributed by atoms with E-state index in [-0.39, 0.29) is 18.1 Å². The average Bonchev–Trinajstić information content (AvgIpc) is 3.19. The first kappa shape index (κ1) is 21.8. The van der Waals surface area contributed by atoms with E-state index in [9.17, 15) is 17.9 Å². The molecule has 3 heterocycles. The van der Waals surface area contributed by atoms with Crippen molar-refractivity contribution in [3.05, 3.63) is 71.7 Å². The van der Waals surface area contributed by atoms with Crippen LogP contribution in [0.25, 0.3) is 22.3 Å². The molecule has 3 N–H and O–H groups in total. The largest absolute Gasteiger partial charge is 0.508 e. The molecule has 0 bridgehead atoms. The fraction of sp³-hybridized carbons (Fsp3) is 0.174. The lowest BCUT2D eigenvalue weighted by Crippen LogP contribution is -2.40. The van der Waals surface area contributed by atoms with Gasteiger partial charge in [-0.1, -0.05) is 24.3 Å². The number of rotatable bonds is 4. The van der Waals surface area contributed by atoms with Gasteiger partial charge in [0, 0.05) is 17.0 Å². The van der Waals surface area contributed by atoms with Crippen LogP contribution < -0.4 is 10.0 Å². The van der Waals surface area contributed by atoms with Crippen molar-refractivity contribution in [2.75, 3.05) is 16.6 Å². The van der Waals surface area contributed by atoms with E-state index in [4.69, 9.17) is 5.73 Å². The summed E-state index contributed by atoms with van der Waals surface area (Å²) in [4.78, 5) is 8.41. The van der Waals surface area contributed by atoms with Gasteiger partial charge in [-0.05, 0) is 37.1 Å². The standard InChI is InChI=1S/C23H21FN6O3S/c1-2-7-34(32,33)29-12-17(9-14-5-3-4-6-19(14)29)30-23-20(22(25)26-13-27-23)21(28-30)15-8-16(24)11-18(31)10-15/h2-8,10-11,13,17,31H,9,12H2,1H3,(H2,25,26,27). The molecule has 0 amide bonds. The van der Waals surface area contributed by atoms with Gasteiger partial charge in [0.25, 0.3) is 10.0 Å². The van der Waals surface area contributed by atoms with Crippen LogP contribution in [-0.2, 0) is 16.4 Å². The number of para-hydroxylation sites is 1. The highest BCUT2D eigenvalue weighted by molar-refractivity contribution is 7.95. The minimum atomic E-state index is -3.73. The average molecular weight is 481 g/mol. The van der Waals surface area contributed by atoms with Crippen molar-refractivity contribution in [1.29, 1.82) is 0 Å². The normalized spacial score (nSPS) is 16.3. The predicted molar refractivity (Wildman–Crippen MR) is 127 cm³/mol. The Bertz CT molecular complexity index is 1530. The van der Waals surface area contributed by atoms with Crippen molar-refractivity contribution in [2.45, 2.75) is 19.4 Å². The lowest BCUT2D eigenvalue weighted by atomic mass is 10.00. The number of aromatic nitrogens is 4. The summed E-state index contributed by atoms with van der Waals surface area (Å²) in [6.45, 7) is 1.75. The van der Waals surface area contributed by atoms with Crippen molar-refractivity contribution < 1.29 is 17.9 Å². The number of nitrogen functional groups attached to an aromatic ring is 1. The number of anilines is 2. The van der Waals surface area contributed by atoms with E-state index < -0.39 is 21.9 Å². The Morgan fingerprint density at radius 2 is 2.00 bits per heavy atom. The number of benzene rings is 2. The Morgan fingerprint density at radius 3 is 2.76 bits per heavy atom. The lowest BCUT2D eigenvalue weighted by Gasteiger charge is -2.34. The van der Waals surface area contributed by atoms with Gasteiger partial charge < -0.3 is 10.8 Å². The van der Waals surface area contributed by atoms with E-state index in [0.717, 1.165) is 17.0 Å². The molecule has 0 spiro atoms. The van der Waals surface area contributed by atoms with E-state index in [0.29, 0.717) is 34.4 Å². The lowest BCUT2D eigenvalue weighted by molar-refractivity contribution is 0.457. The molecule has 0 saturated carbocycles. The molecule has 9 nitrogen and oxygen atoms in total. The van der Waals surface area contributed by atoms with Crippen LogP contribution in [0.1, 0.15) is 18.5 Å². The molecule has 2 aromatic carbocycles. The molecule has 4 aromatic rings. The van der Waals surface area contributed by atoms with Gasteiger partial charge in [0.15, 0.2) is 5.65 Å². The van der Waals surface area contributed by atoms with E-state index in [1.54, 1.807) is 23.7 Å². The second-order valence-electron chi connectivity index (χ2n) is 7.98. The molecule has 2 aromatic heterocycles. The second-order valence-corrected chi connectivity index (χ2v) is 9.72. The van der Waals surface area contributed by atoms with E-state index in [1.807, 2.05) is 12.1 Å². The van der Waals surface area contributed by atoms with Crippen LogP contribution in [-0.4, -0.2) is 39.8 Å². The van der Waals surface area contributed by atoms with Crippen LogP contribution in [0.3, 0.4) is 0 Å². The van der Waals surface area contributed by atoms with Gasteiger partial charge in [-0.2, -0.15) is 5.10 Å². The summed E-state index contributed by atoms with van der Waals surface area (Å²) < 4.78 is 43.1. The summed E-state index contributed by atoms with van der Waals surface area (Å²) in [6.07, 6.45) is 3.27. The van der Waals surface area contributed by atoms with Crippen LogP contribution in [0, 0.1) is 5.82 Å². The molecule has 1 aliphatic rings. The molecule has 1 unspecified atom stereocenters. The number of nitrogens with zero attached hydrogens (tertiary/aromatic N) is 5. The maximum atomic E-state index is 14.1. The molecule has 0 saturated heterocycles. The topological polar surface area (TPSA) is 127 Å². The van der Waals surface area contributed by atoms with Gasteiger partial charge in [-0.3, -0.25) is 4.31 Å². The maximum Gasteiger partial charge on any atom is 0.257 e. The molecule has 34 heavy (non-hydrogen) atoms. The first-order chi connectivity index (χ1) is 16.3. The highest BCUT2D eigenvalue weighted by atomic mass is 32.2. The number of hydrogen-bond donors (Lipinski definition) is 2. The number of nitrogens with two attached hydrogens (primary N) is 1. The highest BCUT2D eigenvalue weighted by Gasteiger charge is 2.33. The predicted octanol–water partition coefficient (Wildman–Crippen LogP) is 3.39. The van der Waals surface area contributed by atoms with Crippen molar-refractivity contribution in [2.24, 2.45) is 0 Å². The van der Waals surface area contributed by atoms with Crippen LogP contribution in [0.4, 0.5) is 15.9 Å². The second kappa shape index (κ2) is 8.10. The Balaban J connectivity index is 1.70. The fourth-order valence-corrected chi connectivity index (χ4v) is 5.67. The Kier molecular flexibility index (Phi) is 5.20. The Hall–Kier alpha value is -3.99. The number of phenolic OH excluding ortho intramolecular Hbond substituents is 1. The van der Waals surface area contributed by atoms with Crippen molar-refractivity contribution in [3.63, 3.8) is 0 Å². The third kappa shape index (κ3) is 3.63. The Labute approximate surface area is 195 Å². The molecule has 0 radical (unpaired) electrons. The van der Waals surface area contributed by atoms with Crippen molar-refractivity contribution in [1.82, 2.24) is 19.7 Å². The first-order valence-corrected chi connectivity index (χ1v) is 12.0. The number of phenols is 1. The number of sulfonamides is 1. The molecule has 11 heteroatoms. The third-order valence-electron chi connectivity index (χ3n) is 5.73. The number of allylic oxidation sites excluding steroid dienone is 1. The van der Waals surface area contributed by atoms with Crippen LogP contribution in [0.15, 0.2) is 60.3 Å². The first-order valence-electron chi connectivity index (χ1n) is 10.5. The van der Waals surface area contributed by atoms with Gasteiger partial charge in [-0.15, -0.1) is 0 Å². The van der Waals surface area contributed by atoms with Gasteiger partial charge >= 0.3 is 0 Å². The highest BCUT2D eigenvalue weighted by Crippen LogP contribution is 2.38. The number of fused-ring (bicyclic) bond motifs is 2. The minimum Gasteiger partial charge on any atom is -0.508 e. The molecule has 1 atom stereocenters. The van der Waals surface area contributed by atoms with Crippen LogP contribution in [0.2, 0.25) is 0 Å². The van der Waals surface area contributed by atoms with Crippen molar-refractivity contribution >= 4 is 32.6 Å². The zero-order chi connectivity index (χ0) is 24.0. The monoisotopic (exact) mass is 480 g/mol. The summed E-state index contributed by atoms with van der Waals surface area (Å²) in [5, 5.41) is 16.2. The number of halogens is 1. The fourth-order valence-electron chi connectivity index (χ4n) is 4.35. The van der Waals surface area contributed by atoms with Crippen molar-refractivity contribution in [3.8, 4) is 17.0 Å². The van der Waals surface area contributed by atoms with Gasteiger partial charge in [0.05, 0.1) is 23.7 Å². The SMILES string of the molecule is CC=CS(=O)(=O)N1CC(n2nc(-c3cc(O)cc(F)c3)c3c(N)ncnc32)Cc2ccccc21. The molecule has 174 valence electrons. The number of aromatic hydroxyl groups is 1. The maximum absolute atomic E-state index is 14.1. The summed E-state index contributed by atoms with van der Waals surface area (Å²) in [7, 11) is -3.73. The van der Waals surface area contributed by atoms with E-state index >= 15 is 0 Å². The smallest absolute Gasteiger partial charge is 0.257 e. The molecule has 1 aliphatic heterocycles. The summed E-state index contributed by atoms with van der Waals surface area (Å²) in [6, 6.07) is 10.5.